The Morgan fingerprint density at radius 3 is 2.21 bits per heavy atom. The third-order valence-corrected chi connectivity index (χ3v) is 5.73. The molecule has 1 aromatic rings. The normalized spacial score (nSPS) is 17.4. The van der Waals surface area contributed by atoms with Gasteiger partial charge in [0.25, 0.3) is 0 Å². The van der Waals surface area contributed by atoms with Gasteiger partial charge in [-0.2, -0.15) is 0 Å². The number of hydrogen-bond donors (Lipinski definition) is 1. The molecule has 7 heteroatoms. The van der Waals surface area contributed by atoms with Crippen molar-refractivity contribution in [2.45, 2.75) is 52.6 Å². The highest BCUT2D eigenvalue weighted by Crippen LogP contribution is 2.43. The van der Waals surface area contributed by atoms with Crippen LogP contribution >= 0.6 is 23.2 Å². The van der Waals surface area contributed by atoms with E-state index < -0.39 is 23.5 Å². The molecule has 2 rings (SSSR count). The number of benzene rings is 1. The Morgan fingerprint density at radius 2 is 1.68 bits per heavy atom. The van der Waals surface area contributed by atoms with Gasteiger partial charge in [-0.1, -0.05) is 42.3 Å². The molecule has 1 aromatic carbocycles. The van der Waals surface area contributed by atoms with E-state index in [4.69, 9.17) is 32.7 Å². The smallest absolute Gasteiger partial charge is 0.337 e. The van der Waals surface area contributed by atoms with Crippen molar-refractivity contribution in [3.8, 4) is 0 Å². The molecule has 1 unspecified atom stereocenters. The van der Waals surface area contributed by atoms with Crippen LogP contribution in [0.2, 0.25) is 10.0 Å². The van der Waals surface area contributed by atoms with Gasteiger partial charge < -0.3 is 14.8 Å². The van der Waals surface area contributed by atoms with E-state index in [1.54, 1.807) is 32.0 Å². The molecule has 0 bridgehead atoms. The molecule has 5 nitrogen and oxygen atoms in total. The minimum absolute atomic E-state index is 0.276. The third-order valence-electron chi connectivity index (χ3n) is 4.90. The molecule has 0 saturated carbocycles. The first-order chi connectivity index (χ1) is 13.0. The molecule has 1 atom stereocenters. The molecular formula is C21H25Cl2NO4. The molecule has 0 radical (unpaired) electrons. The summed E-state index contributed by atoms with van der Waals surface area (Å²) in [5, 5.41) is 3.70. The lowest BCUT2D eigenvalue weighted by Crippen LogP contribution is -2.35. The molecule has 0 aromatic heterocycles. The molecule has 1 heterocycles. The number of rotatable bonds is 5. The number of dihydropyridines is 1. The number of carbonyl (C=O) groups excluding carboxylic acids is 2. The van der Waals surface area contributed by atoms with Crippen molar-refractivity contribution in [3.63, 3.8) is 0 Å². The van der Waals surface area contributed by atoms with Crippen LogP contribution in [0, 0.1) is 0 Å². The number of allylic oxidation sites excluding steroid dienone is 2. The second-order valence-electron chi connectivity index (χ2n) is 7.27. The summed E-state index contributed by atoms with van der Waals surface area (Å²) in [6, 6.07) is 5.12. The highest BCUT2D eigenvalue weighted by molar-refractivity contribution is 6.42. The van der Waals surface area contributed by atoms with Crippen molar-refractivity contribution in [1.29, 1.82) is 0 Å². The monoisotopic (exact) mass is 425 g/mol. The van der Waals surface area contributed by atoms with Crippen molar-refractivity contribution < 1.29 is 19.1 Å². The lowest BCUT2D eigenvalue weighted by Gasteiger charge is -2.33. The van der Waals surface area contributed by atoms with Gasteiger partial charge >= 0.3 is 11.9 Å². The standard InChI is InChI=1S/C21H25Cl2NO4/c1-7-21(4,5)28-20(26)16-12(3)24-11(2)15(19(25)27-6)17(16)13-9-8-10-14(22)18(13)23/h8-10,17,24H,7H2,1-6H3. The van der Waals surface area contributed by atoms with Gasteiger partial charge in [0.1, 0.15) is 5.60 Å². The molecule has 152 valence electrons. The molecule has 1 aliphatic heterocycles. The van der Waals surface area contributed by atoms with E-state index in [2.05, 4.69) is 5.32 Å². The molecule has 1 N–H and O–H groups in total. The fourth-order valence-electron chi connectivity index (χ4n) is 3.08. The highest BCUT2D eigenvalue weighted by atomic mass is 35.5. The first kappa shape index (κ1) is 22.3. The minimum atomic E-state index is -0.764. The maximum absolute atomic E-state index is 13.2. The van der Waals surface area contributed by atoms with Gasteiger partial charge in [-0.05, 0) is 45.7 Å². The first-order valence-corrected chi connectivity index (χ1v) is 9.73. The SMILES string of the molecule is CCC(C)(C)OC(=O)C1=C(C)NC(C)=C(C(=O)OC)C1c1cccc(Cl)c1Cl. The van der Waals surface area contributed by atoms with E-state index in [1.165, 1.54) is 7.11 Å². The highest BCUT2D eigenvalue weighted by Gasteiger charge is 2.40. The number of halogens is 2. The maximum atomic E-state index is 13.2. The molecule has 0 aliphatic carbocycles. The average Bonchev–Trinajstić information content (AvgIpc) is 2.62. The number of hydrogen-bond acceptors (Lipinski definition) is 5. The van der Waals surface area contributed by atoms with Crippen LogP contribution in [-0.2, 0) is 19.1 Å². The predicted octanol–water partition coefficient (Wildman–Crippen LogP) is 5.13. The molecule has 0 spiro atoms. The van der Waals surface area contributed by atoms with Gasteiger partial charge in [0.05, 0.1) is 34.2 Å². The number of carbonyl (C=O) groups is 2. The van der Waals surface area contributed by atoms with Crippen LogP contribution < -0.4 is 5.32 Å². The second-order valence-corrected chi connectivity index (χ2v) is 8.06. The molecule has 28 heavy (non-hydrogen) atoms. The summed E-state index contributed by atoms with van der Waals surface area (Å²) in [4.78, 5) is 25.8. The van der Waals surface area contributed by atoms with Gasteiger partial charge in [0.15, 0.2) is 0 Å². The van der Waals surface area contributed by atoms with E-state index in [9.17, 15) is 9.59 Å². The lowest BCUT2D eigenvalue weighted by molar-refractivity contribution is -0.152. The van der Waals surface area contributed by atoms with Crippen LogP contribution in [-0.4, -0.2) is 24.6 Å². The van der Waals surface area contributed by atoms with Crippen molar-refractivity contribution in [2.24, 2.45) is 0 Å². The first-order valence-electron chi connectivity index (χ1n) is 8.98. The van der Waals surface area contributed by atoms with Crippen molar-refractivity contribution in [2.75, 3.05) is 7.11 Å². The van der Waals surface area contributed by atoms with Crippen molar-refractivity contribution >= 4 is 35.1 Å². The van der Waals surface area contributed by atoms with Crippen LogP contribution in [0.3, 0.4) is 0 Å². The quantitative estimate of drug-likeness (QED) is 0.661. The summed E-state index contributed by atoms with van der Waals surface area (Å²) >= 11 is 12.7. The van der Waals surface area contributed by atoms with E-state index in [1.807, 2.05) is 20.8 Å². The van der Waals surface area contributed by atoms with E-state index in [0.29, 0.717) is 39.5 Å². The molecular weight excluding hydrogens is 401 g/mol. The Morgan fingerprint density at radius 1 is 1.11 bits per heavy atom. The summed E-state index contributed by atoms with van der Waals surface area (Å²) in [6.07, 6.45) is 0.639. The number of methoxy groups -OCH3 is 1. The van der Waals surface area contributed by atoms with Crippen LogP contribution in [0.25, 0.3) is 0 Å². The Hall–Kier alpha value is -1.98. The van der Waals surface area contributed by atoms with Gasteiger partial charge in [-0.25, -0.2) is 9.59 Å². The fraction of sp³-hybridized carbons (Fsp3) is 0.429. The summed E-state index contributed by atoms with van der Waals surface area (Å²) in [7, 11) is 1.29. The topological polar surface area (TPSA) is 64.6 Å². The number of esters is 2. The number of nitrogens with one attached hydrogen (secondary N) is 1. The molecule has 1 aliphatic rings. The maximum Gasteiger partial charge on any atom is 0.337 e. The van der Waals surface area contributed by atoms with Crippen molar-refractivity contribution in [1.82, 2.24) is 5.32 Å². The zero-order valence-corrected chi connectivity index (χ0v) is 18.4. The Balaban J connectivity index is 2.70. The van der Waals surface area contributed by atoms with Gasteiger partial charge in [0.2, 0.25) is 0 Å². The molecule has 0 saturated heterocycles. The van der Waals surface area contributed by atoms with Crippen LogP contribution in [0.1, 0.15) is 52.5 Å². The lowest BCUT2D eigenvalue weighted by atomic mass is 9.80. The van der Waals surface area contributed by atoms with E-state index in [0.717, 1.165) is 0 Å². The zero-order valence-electron chi connectivity index (χ0n) is 16.9. The van der Waals surface area contributed by atoms with Crippen LogP contribution in [0.5, 0.6) is 0 Å². The number of ether oxygens (including phenoxy) is 2. The average molecular weight is 426 g/mol. The Kier molecular flexibility index (Phi) is 6.84. The Labute approximate surface area is 175 Å². The Bertz CT molecular complexity index is 871. The van der Waals surface area contributed by atoms with Crippen LogP contribution in [0.15, 0.2) is 40.7 Å². The zero-order chi connectivity index (χ0) is 21.2. The molecule has 0 amide bonds. The van der Waals surface area contributed by atoms with E-state index in [-0.39, 0.29) is 5.02 Å². The third kappa shape index (κ3) is 4.36. The molecule has 0 fully saturated rings. The second kappa shape index (κ2) is 8.58. The van der Waals surface area contributed by atoms with Gasteiger partial charge in [-0.3, -0.25) is 0 Å². The van der Waals surface area contributed by atoms with Crippen LogP contribution in [0.4, 0.5) is 0 Å². The van der Waals surface area contributed by atoms with Gasteiger partial charge in [0, 0.05) is 11.4 Å². The summed E-state index contributed by atoms with van der Waals surface area (Å²) in [5.74, 6) is -1.84. The van der Waals surface area contributed by atoms with Crippen molar-refractivity contribution in [3.05, 3.63) is 56.3 Å². The summed E-state index contributed by atoms with van der Waals surface area (Å²) in [6.45, 7) is 9.11. The van der Waals surface area contributed by atoms with Gasteiger partial charge in [-0.15, -0.1) is 0 Å². The van der Waals surface area contributed by atoms with E-state index >= 15 is 0 Å². The minimum Gasteiger partial charge on any atom is -0.466 e. The summed E-state index contributed by atoms with van der Waals surface area (Å²) in [5.41, 5.74) is 1.64. The predicted molar refractivity (Wildman–Crippen MR) is 110 cm³/mol. The summed E-state index contributed by atoms with van der Waals surface area (Å²) < 4.78 is 10.7. The largest absolute Gasteiger partial charge is 0.466 e. The fourth-order valence-corrected chi connectivity index (χ4v) is 3.49.